The highest BCUT2D eigenvalue weighted by Gasteiger charge is 2.26. The third-order valence-electron chi connectivity index (χ3n) is 3.58. The molecule has 0 bridgehead atoms. The first-order chi connectivity index (χ1) is 9.74. The van der Waals surface area contributed by atoms with Crippen molar-refractivity contribution in [1.29, 1.82) is 0 Å². The van der Waals surface area contributed by atoms with Crippen molar-refractivity contribution in [3.8, 4) is 0 Å². The Morgan fingerprint density at radius 3 is 2.85 bits per heavy atom. The molecule has 0 spiro atoms. The number of nitrogens with one attached hydrogen (secondary N) is 1. The standard InChI is InChI=1S/C15H16N4O/c1-11-8-12-4-2-3-5-13(12)9-19(11)15(20)18-14-6-7-16-10-17-14/h2-7,10-11H,8-9H2,1H3,(H,16,17,18,20). The predicted octanol–water partition coefficient (Wildman–Crippen LogP) is 2.46. The van der Waals surface area contributed by atoms with Gasteiger partial charge < -0.3 is 4.90 Å². The smallest absolute Gasteiger partial charge is 0.317 e. The molecule has 1 aliphatic heterocycles. The minimum atomic E-state index is -0.120. The number of hydrogen-bond acceptors (Lipinski definition) is 3. The highest BCUT2D eigenvalue weighted by Crippen LogP contribution is 2.23. The second kappa shape index (κ2) is 5.28. The average molecular weight is 268 g/mol. The van der Waals surface area contributed by atoms with Gasteiger partial charge in [0.25, 0.3) is 0 Å². The Balaban J connectivity index is 1.76. The van der Waals surface area contributed by atoms with Crippen LogP contribution in [0.1, 0.15) is 18.1 Å². The maximum Gasteiger partial charge on any atom is 0.323 e. The second-order valence-electron chi connectivity index (χ2n) is 4.97. The molecule has 1 aliphatic rings. The average Bonchev–Trinajstić information content (AvgIpc) is 2.47. The van der Waals surface area contributed by atoms with Gasteiger partial charge in [-0.25, -0.2) is 14.8 Å². The molecule has 2 aromatic rings. The molecule has 1 N–H and O–H groups in total. The number of hydrogen-bond donors (Lipinski definition) is 1. The Labute approximate surface area is 117 Å². The summed E-state index contributed by atoms with van der Waals surface area (Å²) in [5, 5.41) is 2.81. The van der Waals surface area contributed by atoms with Gasteiger partial charge in [-0.3, -0.25) is 5.32 Å². The van der Waals surface area contributed by atoms with Crippen LogP contribution in [0.15, 0.2) is 42.9 Å². The van der Waals surface area contributed by atoms with Gasteiger partial charge in [0, 0.05) is 18.8 Å². The predicted molar refractivity (Wildman–Crippen MR) is 76.2 cm³/mol. The lowest BCUT2D eigenvalue weighted by Crippen LogP contribution is -2.44. The van der Waals surface area contributed by atoms with E-state index in [0.717, 1.165) is 6.42 Å². The number of aromatic nitrogens is 2. The molecule has 0 radical (unpaired) electrons. The van der Waals surface area contributed by atoms with Crippen LogP contribution in [0.4, 0.5) is 10.6 Å². The molecule has 1 aromatic carbocycles. The summed E-state index contributed by atoms with van der Waals surface area (Å²) in [6.07, 6.45) is 3.91. The van der Waals surface area contributed by atoms with Crippen molar-refractivity contribution in [2.75, 3.05) is 5.32 Å². The van der Waals surface area contributed by atoms with Gasteiger partial charge >= 0.3 is 6.03 Å². The first-order valence-electron chi connectivity index (χ1n) is 6.64. The van der Waals surface area contributed by atoms with Crippen LogP contribution in [0.3, 0.4) is 0 Å². The van der Waals surface area contributed by atoms with Crippen molar-refractivity contribution in [3.05, 3.63) is 54.0 Å². The van der Waals surface area contributed by atoms with Crippen molar-refractivity contribution < 1.29 is 4.79 Å². The monoisotopic (exact) mass is 268 g/mol. The number of amides is 2. The number of carbonyl (C=O) groups excluding carboxylic acids is 1. The molecule has 0 aliphatic carbocycles. The Morgan fingerprint density at radius 1 is 1.30 bits per heavy atom. The molecular formula is C15H16N4O. The number of benzene rings is 1. The van der Waals surface area contributed by atoms with Crippen LogP contribution < -0.4 is 5.32 Å². The maximum absolute atomic E-state index is 12.3. The van der Waals surface area contributed by atoms with Gasteiger partial charge in [0.05, 0.1) is 0 Å². The van der Waals surface area contributed by atoms with E-state index in [1.807, 2.05) is 17.0 Å². The fourth-order valence-electron chi connectivity index (χ4n) is 2.50. The van der Waals surface area contributed by atoms with E-state index in [9.17, 15) is 4.79 Å². The quantitative estimate of drug-likeness (QED) is 0.864. The minimum Gasteiger partial charge on any atom is -0.317 e. The van der Waals surface area contributed by atoms with Crippen molar-refractivity contribution in [1.82, 2.24) is 14.9 Å². The summed E-state index contributed by atoms with van der Waals surface area (Å²) in [5.41, 5.74) is 2.54. The SMILES string of the molecule is CC1Cc2ccccc2CN1C(=O)Nc1ccncn1. The van der Waals surface area contributed by atoms with E-state index < -0.39 is 0 Å². The number of anilines is 1. The molecule has 1 unspecified atom stereocenters. The molecule has 1 atom stereocenters. The van der Waals surface area contributed by atoms with Crippen LogP contribution in [-0.4, -0.2) is 26.9 Å². The third-order valence-corrected chi connectivity index (χ3v) is 3.58. The van der Waals surface area contributed by atoms with Crippen molar-refractivity contribution in [2.45, 2.75) is 25.9 Å². The molecule has 0 saturated carbocycles. The number of fused-ring (bicyclic) bond motifs is 1. The van der Waals surface area contributed by atoms with Crippen LogP contribution in [0.5, 0.6) is 0 Å². The zero-order valence-electron chi connectivity index (χ0n) is 11.3. The normalized spacial score (nSPS) is 17.4. The number of carbonyl (C=O) groups is 1. The lowest BCUT2D eigenvalue weighted by molar-refractivity contribution is 0.182. The molecule has 1 aromatic heterocycles. The summed E-state index contributed by atoms with van der Waals surface area (Å²) in [5.74, 6) is 0.524. The molecular weight excluding hydrogens is 252 g/mol. The number of urea groups is 1. The molecule has 2 heterocycles. The van der Waals surface area contributed by atoms with Crippen LogP contribution in [0, 0.1) is 0 Å². The fourth-order valence-corrected chi connectivity index (χ4v) is 2.50. The van der Waals surface area contributed by atoms with Gasteiger partial charge in [-0.05, 0) is 30.5 Å². The summed E-state index contributed by atoms with van der Waals surface area (Å²) in [4.78, 5) is 22.0. The van der Waals surface area contributed by atoms with E-state index in [1.54, 1.807) is 12.3 Å². The van der Waals surface area contributed by atoms with E-state index in [-0.39, 0.29) is 12.1 Å². The minimum absolute atomic E-state index is 0.120. The van der Waals surface area contributed by atoms with Gasteiger partial charge in [0.15, 0.2) is 0 Å². The van der Waals surface area contributed by atoms with Gasteiger partial charge in [-0.15, -0.1) is 0 Å². The Morgan fingerprint density at radius 2 is 2.10 bits per heavy atom. The lowest BCUT2D eigenvalue weighted by atomic mass is 9.95. The van der Waals surface area contributed by atoms with Crippen molar-refractivity contribution in [3.63, 3.8) is 0 Å². The number of rotatable bonds is 1. The van der Waals surface area contributed by atoms with Gasteiger partial charge in [0.1, 0.15) is 12.1 Å². The van der Waals surface area contributed by atoms with Crippen LogP contribution >= 0.6 is 0 Å². The maximum atomic E-state index is 12.3. The molecule has 2 amide bonds. The first kappa shape index (κ1) is 12.6. The Bertz CT molecular complexity index is 614. The van der Waals surface area contributed by atoms with E-state index in [0.29, 0.717) is 12.4 Å². The van der Waals surface area contributed by atoms with Gasteiger partial charge in [-0.2, -0.15) is 0 Å². The highest BCUT2D eigenvalue weighted by atomic mass is 16.2. The van der Waals surface area contributed by atoms with Crippen LogP contribution in [0.2, 0.25) is 0 Å². The number of nitrogens with zero attached hydrogens (tertiary/aromatic N) is 3. The van der Waals surface area contributed by atoms with Gasteiger partial charge in [0.2, 0.25) is 0 Å². The molecule has 102 valence electrons. The summed E-state index contributed by atoms with van der Waals surface area (Å²) in [7, 11) is 0. The second-order valence-corrected chi connectivity index (χ2v) is 4.97. The first-order valence-corrected chi connectivity index (χ1v) is 6.64. The Hall–Kier alpha value is -2.43. The van der Waals surface area contributed by atoms with Crippen molar-refractivity contribution in [2.24, 2.45) is 0 Å². The topological polar surface area (TPSA) is 58.1 Å². The van der Waals surface area contributed by atoms with E-state index in [1.165, 1.54) is 17.5 Å². The molecule has 20 heavy (non-hydrogen) atoms. The summed E-state index contributed by atoms with van der Waals surface area (Å²) >= 11 is 0. The lowest BCUT2D eigenvalue weighted by Gasteiger charge is -2.34. The van der Waals surface area contributed by atoms with E-state index >= 15 is 0 Å². The molecule has 5 heteroatoms. The third kappa shape index (κ3) is 2.47. The summed E-state index contributed by atoms with van der Waals surface area (Å²) in [6, 6.07) is 9.99. The van der Waals surface area contributed by atoms with Gasteiger partial charge in [-0.1, -0.05) is 24.3 Å². The zero-order valence-corrected chi connectivity index (χ0v) is 11.3. The van der Waals surface area contributed by atoms with E-state index in [4.69, 9.17) is 0 Å². The summed E-state index contributed by atoms with van der Waals surface area (Å²) < 4.78 is 0. The fraction of sp³-hybridized carbons (Fsp3) is 0.267. The van der Waals surface area contributed by atoms with Crippen molar-refractivity contribution >= 4 is 11.8 Å². The summed E-state index contributed by atoms with van der Waals surface area (Å²) in [6.45, 7) is 2.70. The van der Waals surface area contributed by atoms with E-state index in [2.05, 4.69) is 34.3 Å². The Kier molecular flexibility index (Phi) is 3.33. The molecule has 5 nitrogen and oxygen atoms in total. The molecule has 0 fully saturated rings. The molecule has 0 saturated heterocycles. The largest absolute Gasteiger partial charge is 0.323 e. The zero-order chi connectivity index (χ0) is 13.9. The van der Waals surface area contributed by atoms with Crippen LogP contribution in [-0.2, 0) is 13.0 Å². The highest BCUT2D eigenvalue weighted by molar-refractivity contribution is 5.88. The van der Waals surface area contributed by atoms with Crippen LogP contribution in [0.25, 0.3) is 0 Å². The molecule has 3 rings (SSSR count).